The van der Waals surface area contributed by atoms with E-state index in [1.165, 1.54) is 0 Å². The maximum Gasteiger partial charge on any atom is 0.276 e. The molecule has 3 N–H and O–H groups in total. The van der Waals surface area contributed by atoms with Crippen LogP contribution in [0.15, 0.2) is 65.8 Å². The van der Waals surface area contributed by atoms with Crippen LogP contribution in [0.1, 0.15) is 27.9 Å². The summed E-state index contributed by atoms with van der Waals surface area (Å²) in [4.78, 5) is 37.0. The zero-order valence-electron chi connectivity index (χ0n) is 18.3. The quantitative estimate of drug-likeness (QED) is 0.303. The molecular weight excluding hydrogens is 563 g/mol. The third-order valence-electron chi connectivity index (χ3n) is 5.48. The fourth-order valence-electron chi connectivity index (χ4n) is 3.69. The molecule has 2 aliphatic rings. The van der Waals surface area contributed by atoms with Crippen molar-refractivity contribution in [1.82, 2.24) is 5.43 Å². The first-order valence-corrected chi connectivity index (χ1v) is 11.8. The van der Waals surface area contributed by atoms with Crippen LogP contribution in [0.3, 0.4) is 0 Å². The molecule has 0 atom stereocenters. The van der Waals surface area contributed by atoms with E-state index in [1.54, 1.807) is 30.3 Å². The number of nitrogens with one attached hydrogen (secondary N) is 3. The van der Waals surface area contributed by atoms with Gasteiger partial charge in [-0.15, -0.1) is 0 Å². The number of rotatable bonds is 6. The Morgan fingerprint density at radius 3 is 2.63 bits per heavy atom. The Kier molecular flexibility index (Phi) is 6.36. The molecule has 0 radical (unpaired) electrons. The summed E-state index contributed by atoms with van der Waals surface area (Å²) in [7, 11) is 0. The lowest BCUT2D eigenvalue weighted by atomic mass is 10.1. The lowest BCUT2D eigenvalue weighted by Gasteiger charge is -2.07. The smallest absolute Gasteiger partial charge is 0.276 e. The van der Waals surface area contributed by atoms with Crippen LogP contribution in [-0.4, -0.2) is 30.2 Å². The summed E-state index contributed by atoms with van der Waals surface area (Å²) in [6, 6.07) is 17.5. The molecule has 3 aromatic carbocycles. The summed E-state index contributed by atoms with van der Waals surface area (Å²) in [5, 5.41) is 9.56. The molecule has 0 saturated carbocycles. The third-order valence-corrected chi connectivity index (χ3v) is 6.15. The maximum atomic E-state index is 12.5. The third kappa shape index (κ3) is 5.11. The van der Waals surface area contributed by atoms with Gasteiger partial charge in [0.25, 0.3) is 11.8 Å². The van der Waals surface area contributed by atoms with E-state index in [1.807, 2.05) is 30.3 Å². The summed E-state index contributed by atoms with van der Waals surface area (Å²) < 4.78 is 11.6. The van der Waals surface area contributed by atoms with Crippen LogP contribution in [0.5, 0.6) is 11.5 Å². The molecular formula is C25H19IN4O5. The highest BCUT2D eigenvalue weighted by Gasteiger charge is 2.26. The minimum absolute atomic E-state index is 0.146. The molecule has 0 fully saturated rings. The predicted molar refractivity (Wildman–Crippen MR) is 138 cm³/mol. The molecule has 0 bridgehead atoms. The van der Waals surface area contributed by atoms with E-state index in [9.17, 15) is 14.4 Å². The Hall–Kier alpha value is -3.93. The molecule has 0 unspecified atom stereocenters. The lowest BCUT2D eigenvalue weighted by Crippen LogP contribution is -2.23. The first kappa shape index (κ1) is 22.8. The number of hydrogen-bond acceptors (Lipinski definition) is 6. The van der Waals surface area contributed by atoms with Gasteiger partial charge in [0.1, 0.15) is 0 Å². The van der Waals surface area contributed by atoms with E-state index >= 15 is 0 Å². The molecule has 5 rings (SSSR count). The van der Waals surface area contributed by atoms with E-state index in [0.717, 1.165) is 9.13 Å². The average Bonchev–Trinajstić information content (AvgIpc) is 3.44. The average molecular weight is 582 g/mol. The number of carbonyl (C=O) groups excluding carboxylic acids is 3. The topological polar surface area (TPSA) is 118 Å². The number of fused-ring (bicyclic) bond motifs is 2. The van der Waals surface area contributed by atoms with Crippen LogP contribution >= 0.6 is 22.6 Å². The second kappa shape index (κ2) is 9.74. The lowest BCUT2D eigenvalue weighted by molar-refractivity contribution is -0.116. The summed E-state index contributed by atoms with van der Waals surface area (Å²) in [5.74, 6) is 0.409. The van der Waals surface area contributed by atoms with Crippen molar-refractivity contribution in [3.8, 4) is 11.5 Å². The standard InChI is InChI=1S/C25H19IN4O5/c26-16-5-8-19-18(12-16)23(25(33)28-19)29-30-24(32)15-3-6-17(7-4-15)27-22(31)10-2-14-1-9-20-21(11-14)35-13-34-20/h1,3-9,11-12H,2,10,13H2,(H,27,31)(H,30,32)(H,28,29,33). The fourth-order valence-corrected chi connectivity index (χ4v) is 4.18. The van der Waals surface area contributed by atoms with Gasteiger partial charge in [0.2, 0.25) is 12.7 Å². The molecule has 9 nitrogen and oxygen atoms in total. The van der Waals surface area contributed by atoms with Crippen molar-refractivity contribution in [2.45, 2.75) is 12.8 Å². The molecule has 0 aliphatic carbocycles. The first-order chi connectivity index (χ1) is 17.0. The van der Waals surface area contributed by atoms with Gasteiger partial charge in [-0.05, 0) is 89.2 Å². The van der Waals surface area contributed by atoms with E-state index in [4.69, 9.17) is 9.47 Å². The molecule has 0 saturated heterocycles. The van der Waals surface area contributed by atoms with Gasteiger partial charge in [0.05, 0.1) is 5.69 Å². The van der Waals surface area contributed by atoms with Crippen molar-refractivity contribution >= 4 is 57.4 Å². The van der Waals surface area contributed by atoms with Gasteiger partial charge >= 0.3 is 0 Å². The van der Waals surface area contributed by atoms with Gasteiger partial charge in [-0.2, -0.15) is 5.10 Å². The SMILES string of the molecule is O=C(CCc1ccc2c(c1)OCO2)Nc1ccc(C(=O)N/N=C2\C(=O)Nc3ccc(I)cc32)cc1. The Balaban J connectivity index is 1.16. The second-order valence-electron chi connectivity index (χ2n) is 7.86. The van der Waals surface area contributed by atoms with Gasteiger partial charge in [0.15, 0.2) is 17.2 Å². The van der Waals surface area contributed by atoms with E-state index in [-0.39, 0.29) is 24.3 Å². The van der Waals surface area contributed by atoms with Gasteiger partial charge in [-0.1, -0.05) is 6.07 Å². The molecule has 2 heterocycles. The largest absolute Gasteiger partial charge is 0.454 e. The predicted octanol–water partition coefficient (Wildman–Crippen LogP) is 3.68. The number of hydrogen-bond donors (Lipinski definition) is 3. The molecule has 3 amide bonds. The molecule has 176 valence electrons. The van der Waals surface area contributed by atoms with Crippen LogP contribution in [-0.2, 0) is 16.0 Å². The van der Waals surface area contributed by atoms with Crippen molar-refractivity contribution in [2.24, 2.45) is 5.10 Å². The van der Waals surface area contributed by atoms with Crippen LogP contribution < -0.4 is 25.5 Å². The maximum absolute atomic E-state index is 12.5. The van der Waals surface area contributed by atoms with Crippen LogP contribution in [0.4, 0.5) is 11.4 Å². The van der Waals surface area contributed by atoms with Crippen molar-refractivity contribution in [3.05, 3.63) is 80.9 Å². The van der Waals surface area contributed by atoms with Gasteiger partial charge in [-0.3, -0.25) is 14.4 Å². The molecule has 35 heavy (non-hydrogen) atoms. The summed E-state index contributed by atoms with van der Waals surface area (Å²) >= 11 is 2.15. The van der Waals surface area contributed by atoms with Gasteiger partial charge < -0.3 is 20.1 Å². The highest BCUT2D eigenvalue weighted by atomic mass is 127. The fraction of sp³-hybridized carbons (Fsp3) is 0.120. The number of hydrazone groups is 1. The monoisotopic (exact) mass is 582 g/mol. The number of anilines is 2. The zero-order chi connectivity index (χ0) is 24.4. The Morgan fingerprint density at radius 1 is 1.00 bits per heavy atom. The summed E-state index contributed by atoms with van der Waals surface area (Å²) in [6.07, 6.45) is 0.848. The van der Waals surface area contributed by atoms with Crippen molar-refractivity contribution < 1.29 is 23.9 Å². The number of benzene rings is 3. The van der Waals surface area contributed by atoms with Crippen LogP contribution in [0.2, 0.25) is 0 Å². The highest BCUT2D eigenvalue weighted by molar-refractivity contribution is 14.1. The Morgan fingerprint density at radius 2 is 1.80 bits per heavy atom. The van der Waals surface area contributed by atoms with Crippen molar-refractivity contribution in [3.63, 3.8) is 0 Å². The second-order valence-corrected chi connectivity index (χ2v) is 9.10. The number of aryl methyl sites for hydroxylation is 1. The Bertz CT molecular complexity index is 1370. The Labute approximate surface area is 214 Å². The normalized spacial score (nSPS) is 14.4. The molecule has 0 aromatic heterocycles. The van der Waals surface area contributed by atoms with E-state index in [0.29, 0.717) is 46.8 Å². The van der Waals surface area contributed by atoms with Crippen LogP contribution in [0, 0.1) is 3.57 Å². The molecule has 10 heteroatoms. The summed E-state index contributed by atoms with van der Waals surface area (Å²) in [6.45, 7) is 0.212. The number of amides is 3. The molecule has 0 spiro atoms. The highest BCUT2D eigenvalue weighted by Crippen LogP contribution is 2.32. The van der Waals surface area contributed by atoms with Crippen molar-refractivity contribution in [2.75, 3.05) is 17.4 Å². The summed E-state index contributed by atoms with van der Waals surface area (Å²) in [5.41, 5.74) is 5.76. The van der Waals surface area contributed by atoms with E-state index < -0.39 is 5.91 Å². The minimum atomic E-state index is -0.468. The number of ether oxygens (including phenoxy) is 2. The number of carbonyl (C=O) groups is 3. The van der Waals surface area contributed by atoms with E-state index in [2.05, 4.69) is 43.8 Å². The van der Waals surface area contributed by atoms with Crippen LogP contribution in [0.25, 0.3) is 0 Å². The van der Waals surface area contributed by atoms with Gasteiger partial charge in [0, 0.05) is 26.8 Å². The first-order valence-electron chi connectivity index (χ1n) is 10.7. The zero-order valence-corrected chi connectivity index (χ0v) is 20.4. The minimum Gasteiger partial charge on any atom is -0.454 e. The number of nitrogens with zero attached hydrogens (tertiary/aromatic N) is 1. The molecule has 2 aliphatic heterocycles. The van der Waals surface area contributed by atoms with Crippen molar-refractivity contribution in [1.29, 1.82) is 0 Å². The van der Waals surface area contributed by atoms with Gasteiger partial charge in [-0.25, -0.2) is 5.43 Å². The molecule has 3 aromatic rings. The number of halogens is 1.